The number of rotatable bonds is 11. The van der Waals surface area contributed by atoms with Crippen LogP contribution >= 0.6 is 0 Å². The number of alkyl carbamates (subject to hydrolysis) is 1. The molecule has 1 N–H and O–H groups in total. The van der Waals surface area contributed by atoms with Gasteiger partial charge in [0.05, 0.1) is 4.92 Å². The molecule has 0 bridgehead atoms. The molecule has 2 aromatic carbocycles. The van der Waals surface area contributed by atoms with Gasteiger partial charge < -0.3 is 24.3 Å². The van der Waals surface area contributed by atoms with Crippen molar-refractivity contribution in [1.29, 1.82) is 0 Å². The molecule has 1 heterocycles. The largest absolute Gasteiger partial charge is 0.515 e. The average Bonchev–Trinajstić information content (AvgIpc) is 2.92. The van der Waals surface area contributed by atoms with Crippen molar-refractivity contribution in [2.75, 3.05) is 6.54 Å². The number of unbranched alkanes of at least 4 members (excludes halogenated alkanes) is 3. The molecular weight excluding hydrogens is 510 g/mol. The number of benzene rings is 2. The van der Waals surface area contributed by atoms with Crippen molar-refractivity contribution in [2.24, 2.45) is 0 Å². The summed E-state index contributed by atoms with van der Waals surface area (Å²) in [6.45, 7) is 2.49. The van der Waals surface area contributed by atoms with Crippen molar-refractivity contribution in [2.45, 2.75) is 70.9 Å². The van der Waals surface area contributed by atoms with Crippen molar-refractivity contribution in [3.8, 4) is 5.75 Å². The Morgan fingerprint density at radius 3 is 2.33 bits per heavy atom. The number of carbonyl (C=O) groups is 3. The number of piperidine rings is 1. The topological polar surface area (TPSA) is 147 Å². The summed E-state index contributed by atoms with van der Waals surface area (Å²) in [5.41, 5.74) is 0.583. The van der Waals surface area contributed by atoms with E-state index in [1.54, 1.807) is 24.3 Å². The second kappa shape index (κ2) is 15.2. The Kier molecular flexibility index (Phi) is 11.4. The van der Waals surface area contributed by atoms with Crippen molar-refractivity contribution in [1.82, 2.24) is 10.2 Å². The highest BCUT2D eigenvalue weighted by Crippen LogP contribution is 2.27. The second-order valence-electron chi connectivity index (χ2n) is 8.90. The van der Waals surface area contributed by atoms with Crippen LogP contribution in [0, 0.1) is 10.1 Å². The Balaban J connectivity index is 1.66. The smallest absolute Gasteiger partial charge is 0.444 e. The first-order chi connectivity index (χ1) is 18.9. The first-order valence-corrected chi connectivity index (χ1v) is 12.9. The number of non-ortho nitro benzene ring substituents is 1. The average molecular weight is 544 g/mol. The van der Waals surface area contributed by atoms with E-state index in [4.69, 9.17) is 18.9 Å². The van der Waals surface area contributed by atoms with E-state index in [1.165, 1.54) is 24.3 Å². The zero-order valence-electron chi connectivity index (χ0n) is 21.8. The zero-order chi connectivity index (χ0) is 28.0. The first kappa shape index (κ1) is 29.2. The van der Waals surface area contributed by atoms with Gasteiger partial charge in [0.25, 0.3) is 5.69 Å². The molecule has 0 aromatic heterocycles. The van der Waals surface area contributed by atoms with E-state index in [-0.39, 0.29) is 24.5 Å². The van der Waals surface area contributed by atoms with Gasteiger partial charge in [-0.05, 0) is 30.5 Å². The first-order valence-electron chi connectivity index (χ1n) is 12.9. The molecule has 3 rings (SSSR count). The summed E-state index contributed by atoms with van der Waals surface area (Å²) >= 11 is 0. The number of nitrogens with one attached hydrogen (secondary N) is 1. The third kappa shape index (κ3) is 9.47. The number of carbonyl (C=O) groups excluding carboxylic acids is 3. The van der Waals surface area contributed by atoms with Crippen LogP contribution in [-0.4, -0.2) is 47.2 Å². The van der Waals surface area contributed by atoms with Gasteiger partial charge in [0.1, 0.15) is 12.4 Å². The molecule has 2 aromatic rings. The van der Waals surface area contributed by atoms with Crippen LogP contribution in [0.15, 0.2) is 54.6 Å². The van der Waals surface area contributed by atoms with Gasteiger partial charge in [-0.3, -0.25) is 10.1 Å². The van der Waals surface area contributed by atoms with Crippen molar-refractivity contribution in [3.63, 3.8) is 0 Å². The molecule has 0 spiro atoms. The molecule has 1 saturated heterocycles. The maximum atomic E-state index is 13.1. The number of nitro groups is 1. The zero-order valence-corrected chi connectivity index (χ0v) is 21.8. The Bertz CT molecular complexity index is 1100. The molecular formula is C27H33N3O9. The monoisotopic (exact) mass is 543 g/mol. The van der Waals surface area contributed by atoms with Crippen molar-refractivity contribution in [3.05, 3.63) is 70.3 Å². The summed E-state index contributed by atoms with van der Waals surface area (Å²) in [6.07, 6.45) is 0.179. The lowest BCUT2D eigenvalue weighted by Crippen LogP contribution is -2.54. The van der Waals surface area contributed by atoms with Crippen molar-refractivity contribution >= 4 is 24.0 Å². The Labute approximate surface area is 226 Å². The molecule has 210 valence electrons. The molecule has 2 unspecified atom stereocenters. The van der Waals surface area contributed by atoms with Crippen LogP contribution in [0.3, 0.4) is 0 Å². The molecule has 1 aliphatic heterocycles. The number of amides is 2. The number of likely N-dealkylation sites (tertiary alicyclic amines) is 1. The van der Waals surface area contributed by atoms with E-state index in [0.29, 0.717) is 19.4 Å². The van der Waals surface area contributed by atoms with E-state index < -0.39 is 35.7 Å². The third-order valence-corrected chi connectivity index (χ3v) is 5.96. The van der Waals surface area contributed by atoms with E-state index in [0.717, 1.165) is 36.1 Å². The van der Waals surface area contributed by atoms with Gasteiger partial charge in [-0.25, -0.2) is 19.3 Å². The molecule has 12 nitrogen and oxygen atoms in total. The molecule has 39 heavy (non-hydrogen) atoms. The normalized spacial score (nSPS) is 16.6. The third-order valence-electron chi connectivity index (χ3n) is 5.96. The summed E-state index contributed by atoms with van der Waals surface area (Å²) in [6, 6.07) is 13.9. The van der Waals surface area contributed by atoms with Gasteiger partial charge >= 0.3 is 18.3 Å². The summed E-state index contributed by atoms with van der Waals surface area (Å²) in [5.74, 6) is 0.0230. The summed E-state index contributed by atoms with van der Waals surface area (Å²) in [4.78, 5) is 49.5. The minimum atomic E-state index is -1.13. The number of nitrogens with zero attached hydrogens (tertiary/aromatic N) is 2. The number of ether oxygens (including phenoxy) is 4. The fourth-order valence-corrected chi connectivity index (χ4v) is 3.97. The van der Waals surface area contributed by atoms with Gasteiger partial charge in [0, 0.05) is 31.5 Å². The van der Waals surface area contributed by atoms with Crippen LogP contribution in [0.25, 0.3) is 0 Å². The van der Waals surface area contributed by atoms with Crippen LogP contribution in [0.2, 0.25) is 0 Å². The molecule has 2 atom stereocenters. The van der Waals surface area contributed by atoms with Gasteiger partial charge in [-0.1, -0.05) is 56.5 Å². The summed E-state index contributed by atoms with van der Waals surface area (Å²) < 4.78 is 21.5. The predicted molar refractivity (Wildman–Crippen MR) is 139 cm³/mol. The highest BCUT2D eigenvalue weighted by atomic mass is 16.7. The summed E-state index contributed by atoms with van der Waals surface area (Å²) in [7, 11) is 0. The Morgan fingerprint density at radius 2 is 1.67 bits per heavy atom. The fourth-order valence-electron chi connectivity index (χ4n) is 3.97. The lowest BCUT2D eigenvalue weighted by molar-refractivity contribution is -0.384. The van der Waals surface area contributed by atoms with Gasteiger partial charge in [0.2, 0.25) is 0 Å². The van der Waals surface area contributed by atoms with Crippen LogP contribution in [-0.2, 0) is 20.8 Å². The Hall–Kier alpha value is -4.35. The SMILES string of the molecule is CCCCCCNC(=O)OC1CCCC(OC(=O)Oc2ccc([N+](=O)[O-])cc2)N1C(=O)OCc1ccccc1. The molecule has 0 radical (unpaired) electrons. The minimum Gasteiger partial charge on any atom is -0.444 e. The maximum Gasteiger partial charge on any atom is 0.515 e. The number of hydrogen-bond acceptors (Lipinski definition) is 9. The van der Waals surface area contributed by atoms with E-state index in [2.05, 4.69) is 12.2 Å². The molecule has 2 amide bonds. The van der Waals surface area contributed by atoms with Crippen LogP contribution in [0.4, 0.5) is 20.1 Å². The second-order valence-corrected chi connectivity index (χ2v) is 8.90. The molecule has 12 heteroatoms. The van der Waals surface area contributed by atoms with Gasteiger partial charge in [-0.2, -0.15) is 0 Å². The lowest BCUT2D eigenvalue weighted by atomic mass is 10.1. The van der Waals surface area contributed by atoms with E-state index in [1.807, 2.05) is 6.07 Å². The van der Waals surface area contributed by atoms with E-state index in [9.17, 15) is 24.5 Å². The standard InChI is InChI=1S/C27H33N3O9/c1-2-3-4-8-18-28-25(31)38-23-12-9-13-24(29(23)26(32)36-19-20-10-6-5-7-11-20)39-27(33)37-22-16-14-21(15-17-22)30(34)35/h5-7,10-11,14-17,23-24H,2-4,8-9,12-13,18-19H2,1H3,(H,28,31). The van der Waals surface area contributed by atoms with Gasteiger partial charge in [-0.15, -0.1) is 0 Å². The quantitative estimate of drug-likeness (QED) is 0.0914. The van der Waals surface area contributed by atoms with Crippen LogP contribution in [0.5, 0.6) is 5.75 Å². The highest BCUT2D eigenvalue weighted by Gasteiger charge is 2.40. The predicted octanol–water partition coefficient (Wildman–Crippen LogP) is 5.89. The highest BCUT2D eigenvalue weighted by molar-refractivity contribution is 5.71. The Morgan fingerprint density at radius 1 is 0.974 bits per heavy atom. The number of nitro benzene ring substituents is 1. The van der Waals surface area contributed by atoms with Crippen molar-refractivity contribution < 1.29 is 38.3 Å². The number of hydrogen-bond donors (Lipinski definition) is 1. The lowest BCUT2D eigenvalue weighted by Gasteiger charge is -2.39. The van der Waals surface area contributed by atoms with E-state index >= 15 is 0 Å². The molecule has 0 aliphatic carbocycles. The molecule has 1 fully saturated rings. The molecule has 0 saturated carbocycles. The minimum absolute atomic E-state index is 0.0230. The summed E-state index contributed by atoms with van der Waals surface area (Å²) in [5, 5.41) is 13.5. The van der Waals surface area contributed by atoms with Gasteiger partial charge in [0.15, 0.2) is 12.5 Å². The maximum absolute atomic E-state index is 13.1. The van der Waals surface area contributed by atoms with Crippen LogP contribution < -0.4 is 10.1 Å². The fraction of sp³-hybridized carbons (Fsp3) is 0.444. The van der Waals surface area contributed by atoms with Crippen LogP contribution in [0.1, 0.15) is 57.4 Å². The molecule has 1 aliphatic rings.